The smallest absolute Gasteiger partial charge is 0.266 e. The summed E-state index contributed by atoms with van der Waals surface area (Å²) in [5.74, 6) is -0.0459. The molecule has 5 N–H and O–H groups in total. The second-order valence-electron chi connectivity index (χ2n) is 8.38. The summed E-state index contributed by atoms with van der Waals surface area (Å²) in [7, 11) is 0. The molecule has 0 fully saturated rings. The predicted octanol–water partition coefficient (Wildman–Crippen LogP) is 4.73. The maximum atomic E-state index is 12.5. The van der Waals surface area contributed by atoms with Gasteiger partial charge in [-0.15, -0.1) is 0 Å². The Bertz CT molecular complexity index is 1630. The molecule has 0 aliphatic rings. The van der Waals surface area contributed by atoms with Gasteiger partial charge in [0.25, 0.3) is 11.3 Å². The number of aliphatic hydroxyl groups is 1. The predicted molar refractivity (Wildman–Crippen MR) is 143 cm³/mol. The third kappa shape index (κ3) is 4.31. The Hall–Kier alpha value is -4.18. The van der Waals surface area contributed by atoms with Crippen LogP contribution in [0.5, 0.6) is 0 Å². The second kappa shape index (κ2) is 9.46. The van der Waals surface area contributed by atoms with E-state index < -0.39 is 17.4 Å². The molecule has 0 aliphatic heterocycles. The van der Waals surface area contributed by atoms with E-state index in [1.807, 2.05) is 43.3 Å². The highest BCUT2D eigenvalue weighted by Crippen LogP contribution is 2.35. The average molecular weight is 498 g/mol. The largest absolute Gasteiger partial charge is 0.384 e. The molecule has 8 nitrogen and oxygen atoms in total. The van der Waals surface area contributed by atoms with Crippen LogP contribution >= 0.6 is 0 Å². The summed E-state index contributed by atoms with van der Waals surface area (Å²) in [6.07, 6.45) is 0.648. The Morgan fingerprint density at radius 2 is 1.81 bits per heavy atom. The second-order valence-corrected chi connectivity index (χ2v) is 9.21. The topological polar surface area (TPSA) is 136 Å². The van der Waals surface area contributed by atoms with Gasteiger partial charge in [-0.25, -0.2) is 13.5 Å². The molecule has 5 rings (SSSR count). The number of aryl methyl sites for hydroxylation is 1. The average Bonchev–Trinajstić information content (AvgIpc) is 2.88. The zero-order valence-electron chi connectivity index (χ0n) is 19.3. The normalized spacial score (nSPS) is 13.0. The van der Waals surface area contributed by atoms with E-state index in [0.717, 1.165) is 16.3 Å². The van der Waals surface area contributed by atoms with Crippen LogP contribution in [-0.2, 0) is 11.3 Å². The maximum absolute atomic E-state index is 12.5. The van der Waals surface area contributed by atoms with Crippen molar-refractivity contribution in [3.05, 3.63) is 107 Å². The highest BCUT2D eigenvalue weighted by molar-refractivity contribution is 7.81. The first-order valence-electron chi connectivity index (χ1n) is 11.1. The number of hydrogen-bond acceptors (Lipinski definition) is 5. The number of hydrogen-bond donors (Lipinski definition) is 4. The van der Waals surface area contributed by atoms with Crippen molar-refractivity contribution in [1.82, 2.24) is 9.97 Å². The zero-order chi connectivity index (χ0) is 25.4. The molecule has 5 aromatic rings. The van der Waals surface area contributed by atoms with Crippen molar-refractivity contribution in [2.24, 2.45) is 5.73 Å². The van der Waals surface area contributed by atoms with Gasteiger partial charge < -0.3 is 10.8 Å². The van der Waals surface area contributed by atoms with Gasteiger partial charge in [-0.1, -0.05) is 48.5 Å². The molecule has 36 heavy (non-hydrogen) atoms. The first-order valence-corrected chi connectivity index (χ1v) is 12.2. The van der Waals surface area contributed by atoms with E-state index in [1.54, 1.807) is 48.7 Å². The molecule has 0 bridgehead atoms. The monoisotopic (exact) mass is 497 g/mol. The number of anilines is 2. The summed E-state index contributed by atoms with van der Waals surface area (Å²) < 4.78 is 24.1. The quantitative estimate of drug-likeness (QED) is 0.152. The van der Waals surface area contributed by atoms with Gasteiger partial charge in [0.15, 0.2) is 0 Å². The molecule has 2 heterocycles. The van der Waals surface area contributed by atoms with Gasteiger partial charge in [-0.2, -0.15) is 0 Å². The van der Waals surface area contributed by atoms with E-state index >= 15 is 0 Å². The van der Waals surface area contributed by atoms with Crippen LogP contribution in [0.2, 0.25) is 0 Å². The fraction of sp³-hybridized carbons (Fsp3) is 0.0741. The number of rotatable bonds is 6. The molecule has 2 unspecified atom stereocenters. The van der Waals surface area contributed by atoms with E-state index in [1.165, 1.54) is 4.31 Å². The molecule has 9 heteroatoms. The van der Waals surface area contributed by atoms with Crippen molar-refractivity contribution < 1.29 is 13.9 Å². The van der Waals surface area contributed by atoms with E-state index in [-0.39, 0.29) is 5.84 Å². The molecular weight excluding hydrogens is 474 g/mol. The maximum Gasteiger partial charge on any atom is 0.266 e. The molecule has 0 radical (unpaired) electrons. The number of benzene rings is 3. The number of para-hydroxylation sites is 1. The van der Waals surface area contributed by atoms with Crippen molar-refractivity contribution >= 4 is 50.3 Å². The van der Waals surface area contributed by atoms with E-state index in [2.05, 4.69) is 9.97 Å². The van der Waals surface area contributed by atoms with Crippen LogP contribution in [-0.4, -0.2) is 29.7 Å². The summed E-state index contributed by atoms with van der Waals surface area (Å²) in [4.78, 5) is 9.11. The Kier molecular flexibility index (Phi) is 6.19. The third-order valence-electron chi connectivity index (χ3n) is 6.06. The Labute approximate surface area is 210 Å². The van der Waals surface area contributed by atoms with Gasteiger partial charge in [0.05, 0.1) is 28.1 Å². The minimum atomic E-state index is -2.37. The van der Waals surface area contributed by atoms with E-state index in [9.17, 15) is 13.9 Å². The van der Waals surface area contributed by atoms with E-state index in [4.69, 9.17) is 11.1 Å². The molecule has 0 amide bonds. The van der Waals surface area contributed by atoms with Crippen LogP contribution < -0.4 is 10.0 Å². The zero-order valence-corrected chi connectivity index (χ0v) is 20.1. The molecule has 0 aliphatic carbocycles. The number of nitrogens with two attached hydrogens (primary N) is 1. The molecule has 0 spiro atoms. The Morgan fingerprint density at radius 1 is 1.06 bits per heavy atom. The third-order valence-corrected chi connectivity index (χ3v) is 6.78. The minimum Gasteiger partial charge on any atom is -0.384 e. The number of pyridine rings is 2. The highest BCUT2D eigenvalue weighted by Gasteiger charge is 2.20. The minimum absolute atomic E-state index is 0.0459. The number of fused-ring (bicyclic) bond motifs is 2. The van der Waals surface area contributed by atoms with Gasteiger partial charge in [0, 0.05) is 22.5 Å². The lowest BCUT2D eigenvalue weighted by molar-refractivity contribution is 0.215. The van der Waals surface area contributed by atoms with Gasteiger partial charge in [0.1, 0.15) is 11.9 Å². The Balaban J connectivity index is 1.60. The molecule has 2 atom stereocenters. The van der Waals surface area contributed by atoms with Crippen LogP contribution in [0.1, 0.15) is 28.5 Å². The lowest BCUT2D eigenvalue weighted by Crippen LogP contribution is -2.19. The molecule has 0 saturated heterocycles. The molecule has 2 aromatic heterocycles. The number of nitrogens with zero attached hydrogens (tertiary/aromatic N) is 3. The standard InChI is InChI=1S/C27H23N5O3S/c1-16-14-23(26(33)18-7-9-19(10-8-18)27(28)29)31-22-15-20(11-12-21(16)22)32(36(34)35)24-6-2-4-17-5-3-13-30-25(17)24/h2-15,26,33H,1H3,(H3,28,29)(H,34,35). The van der Waals surface area contributed by atoms with Crippen molar-refractivity contribution in [1.29, 1.82) is 5.41 Å². The van der Waals surface area contributed by atoms with Gasteiger partial charge in [0.2, 0.25) is 0 Å². The lowest BCUT2D eigenvalue weighted by Gasteiger charge is -2.22. The fourth-order valence-corrected chi connectivity index (χ4v) is 4.87. The van der Waals surface area contributed by atoms with Gasteiger partial charge in [-0.3, -0.25) is 14.9 Å². The van der Waals surface area contributed by atoms with Crippen molar-refractivity contribution in [3.8, 4) is 0 Å². The number of nitrogens with one attached hydrogen (secondary N) is 1. The first kappa shape index (κ1) is 23.6. The van der Waals surface area contributed by atoms with Crippen LogP contribution in [0, 0.1) is 12.3 Å². The van der Waals surface area contributed by atoms with Crippen LogP contribution in [0.3, 0.4) is 0 Å². The van der Waals surface area contributed by atoms with E-state index in [0.29, 0.717) is 39.2 Å². The summed E-state index contributed by atoms with van der Waals surface area (Å²) in [6, 6.07) is 23.1. The summed E-state index contributed by atoms with van der Waals surface area (Å²) in [5, 5.41) is 20.3. The van der Waals surface area contributed by atoms with Crippen LogP contribution in [0.25, 0.3) is 21.8 Å². The van der Waals surface area contributed by atoms with Gasteiger partial charge >= 0.3 is 0 Å². The summed E-state index contributed by atoms with van der Waals surface area (Å²) >= 11 is -2.37. The summed E-state index contributed by atoms with van der Waals surface area (Å²) in [5.41, 5.74) is 10.2. The number of aromatic nitrogens is 2. The van der Waals surface area contributed by atoms with Crippen molar-refractivity contribution in [2.75, 3.05) is 4.31 Å². The Morgan fingerprint density at radius 3 is 2.53 bits per heavy atom. The van der Waals surface area contributed by atoms with Crippen molar-refractivity contribution in [3.63, 3.8) is 0 Å². The lowest BCUT2D eigenvalue weighted by atomic mass is 10.0. The summed E-state index contributed by atoms with van der Waals surface area (Å²) in [6.45, 7) is 1.93. The molecule has 180 valence electrons. The van der Waals surface area contributed by atoms with Crippen LogP contribution in [0.15, 0.2) is 85.1 Å². The molecule has 0 saturated carbocycles. The SMILES string of the molecule is Cc1cc(C(O)c2ccc(C(=N)N)cc2)nc2cc(N(c3cccc4cccnc34)S(=O)O)ccc12. The van der Waals surface area contributed by atoms with Crippen LogP contribution in [0.4, 0.5) is 11.4 Å². The van der Waals surface area contributed by atoms with Gasteiger partial charge in [-0.05, 0) is 48.4 Å². The molecular formula is C27H23N5O3S. The number of aliphatic hydroxyl groups excluding tert-OH is 1. The number of nitrogen functional groups attached to an aromatic ring is 1. The molecule has 3 aromatic carbocycles. The fourth-order valence-electron chi connectivity index (χ4n) is 4.26. The first-order chi connectivity index (χ1) is 17.3. The van der Waals surface area contributed by atoms with Crippen molar-refractivity contribution in [2.45, 2.75) is 13.0 Å². The highest BCUT2D eigenvalue weighted by atomic mass is 32.2. The number of amidine groups is 1.